The van der Waals surface area contributed by atoms with Crippen LogP contribution in [0.5, 0.6) is 0 Å². The Kier molecular flexibility index (Phi) is 5.67. The summed E-state index contributed by atoms with van der Waals surface area (Å²) in [5.41, 5.74) is 2.17. The number of nitrogens with zero attached hydrogens (tertiary/aromatic N) is 2. The van der Waals surface area contributed by atoms with Crippen molar-refractivity contribution in [1.29, 1.82) is 0 Å². The van der Waals surface area contributed by atoms with Crippen LogP contribution in [0.1, 0.15) is 25.0 Å². The first-order chi connectivity index (χ1) is 12.5. The summed E-state index contributed by atoms with van der Waals surface area (Å²) in [5.74, 6) is 0.632. The minimum atomic E-state index is -0.417. The third kappa shape index (κ3) is 4.10. The molecule has 1 aliphatic heterocycles. The molecule has 3 rings (SSSR count). The minimum absolute atomic E-state index is 0.00267. The second-order valence-corrected chi connectivity index (χ2v) is 8.57. The van der Waals surface area contributed by atoms with E-state index >= 15 is 0 Å². The van der Waals surface area contributed by atoms with Gasteiger partial charge in [0.1, 0.15) is 6.04 Å². The van der Waals surface area contributed by atoms with E-state index in [-0.39, 0.29) is 10.8 Å². The van der Waals surface area contributed by atoms with Gasteiger partial charge in [-0.15, -0.1) is 11.8 Å². The number of carbonyl (C=O) groups is 2. The number of hydrogen-bond donors (Lipinski definition) is 0. The smallest absolute Gasteiger partial charge is 0.246 e. The van der Waals surface area contributed by atoms with Crippen molar-refractivity contribution in [1.82, 2.24) is 9.80 Å². The molecule has 0 bridgehead atoms. The molecule has 1 aliphatic rings. The lowest BCUT2D eigenvalue weighted by Gasteiger charge is -2.33. The first-order valence-corrected chi connectivity index (χ1v) is 9.74. The SMILES string of the molecule is CC1(C)SC[C@H](C(=O)N(Cc2ccccc2)Cc2ccccc2)N1C=O. The van der Waals surface area contributed by atoms with E-state index in [1.54, 1.807) is 16.7 Å². The maximum atomic E-state index is 13.3. The van der Waals surface area contributed by atoms with E-state index in [1.807, 2.05) is 79.4 Å². The maximum Gasteiger partial charge on any atom is 0.246 e. The number of hydrogen-bond acceptors (Lipinski definition) is 3. The normalized spacial score (nSPS) is 18.5. The lowest BCUT2D eigenvalue weighted by molar-refractivity contribution is -0.142. The van der Waals surface area contributed by atoms with E-state index in [1.165, 1.54) is 0 Å². The van der Waals surface area contributed by atoms with E-state index in [9.17, 15) is 9.59 Å². The fraction of sp³-hybridized carbons (Fsp3) is 0.333. The third-order valence-electron chi connectivity index (χ3n) is 4.69. The second-order valence-electron chi connectivity index (χ2n) is 6.95. The van der Waals surface area contributed by atoms with Crippen LogP contribution in [0.25, 0.3) is 0 Å². The fourth-order valence-corrected chi connectivity index (χ4v) is 4.42. The van der Waals surface area contributed by atoms with Crippen molar-refractivity contribution in [2.75, 3.05) is 5.75 Å². The Bertz CT molecular complexity index is 708. The van der Waals surface area contributed by atoms with Crippen LogP contribution < -0.4 is 0 Å². The first kappa shape index (κ1) is 18.5. The van der Waals surface area contributed by atoms with Gasteiger partial charge in [-0.25, -0.2) is 0 Å². The zero-order valence-electron chi connectivity index (χ0n) is 15.2. The van der Waals surface area contributed by atoms with Gasteiger partial charge in [-0.05, 0) is 25.0 Å². The number of amides is 2. The van der Waals surface area contributed by atoms with Crippen LogP contribution in [-0.2, 0) is 22.7 Å². The predicted molar refractivity (Wildman–Crippen MR) is 105 cm³/mol. The Morgan fingerprint density at radius 1 is 1.08 bits per heavy atom. The molecule has 136 valence electrons. The van der Waals surface area contributed by atoms with Crippen LogP contribution in [0.3, 0.4) is 0 Å². The van der Waals surface area contributed by atoms with Gasteiger partial charge < -0.3 is 9.80 Å². The summed E-state index contributed by atoms with van der Waals surface area (Å²) in [6.45, 7) is 5.03. The number of thioether (sulfide) groups is 1. The Morgan fingerprint density at radius 3 is 2.04 bits per heavy atom. The van der Waals surface area contributed by atoms with Crippen LogP contribution in [-0.4, -0.2) is 38.8 Å². The summed E-state index contributed by atoms with van der Waals surface area (Å²) >= 11 is 1.65. The molecule has 1 fully saturated rings. The quantitative estimate of drug-likeness (QED) is 0.733. The van der Waals surface area contributed by atoms with Crippen molar-refractivity contribution >= 4 is 24.1 Å². The topological polar surface area (TPSA) is 40.6 Å². The van der Waals surface area contributed by atoms with Crippen molar-refractivity contribution in [2.45, 2.75) is 37.8 Å². The maximum absolute atomic E-state index is 13.3. The lowest BCUT2D eigenvalue weighted by Crippen LogP contribution is -2.50. The van der Waals surface area contributed by atoms with E-state index in [0.29, 0.717) is 18.8 Å². The van der Waals surface area contributed by atoms with Crippen LogP contribution >= 0.6 is 11.8 Å². The number of benzene rings is 2. The summed E-state index contributed by atoms with van der Waals surface area (Å²) in [4.78, 5) is 28.1. The molecule has 4 nitrogen and oxygen atoms in total. The van der Waals surface area contributed by atoms with Crippen molar-refractivity contribution in [3.05, 3.63) is 71.8 Å². The van der Waals surface area contributed by atoms with Gasteiger partial charge in [-0.1, -0.05) is 60.7 Å². The molecule has 26 heavy (non-hydrogen) atoms. The molecule has 2 aromatic rings. The Hall–Kier alpha value is -2.27. The molecule has 0 aliphatic carbocycles. The molecule has 1 atom stereocenters. The third-order valence-corrected chi connectivity index (χ3v) is 6.09. The van der Waals surface area contributed by atoms with Crippen molar-refractivity contribution in [3.63, 3.8) is 0 Å². The summed E-state index contributed by atoms with van der Waals surface area (Å²) in [7, 11) is 0. The number of rotatable bonds is 6. The van der Waals surface area contributed by atoms with Crippen molar-refractivity contribution < 1.29 is 9.59 Å². The van der Waals surface area contributed by atoms with Gasteiger partial charge in [0.2, 0.25) is 12.3 Å². The summed E-state index contributed by atoms with van der Waals surface area (Å²) < 4.78 is 0. The molecular formula is C21H24N2O2S. The molecule has 2 amide bonds. The zero-order chi connectivity index (χ0) is 18.6. The highest BCUT2D eigenvalue weighted by Crippen LogP contribution is 2.38. The first-order valence-electron chi connectivity index (χ1n) is 8.75. The monoisotopic (exact) mass is 368 g/mol. The van der Waals surface area contributed by atoms with Crippen LogP contribution in [0.2, 0.25) is 0 Å². The van der Waals surface area contributed by atoms with Gasteiger partial charge in [-0.2, -0.15) is 0 Å². The van der Waals surface area contributed by atoms with E-state index in [4.69, 9.17) is 0 Å². The van der Waals surface area contributed by atoms with Gasteiger partial charge in [0.05, 0.1) is 4.87 Å². The average molecular weight is 369 g/mol. The van der Waals surface area contributed by atoms with Crippen molar-refractivity contribution in [2.24, 2.45) is 0 Å². The van der Waals surface area contributed by atoms with Gasteiger partial charge in [0, 0.05) is 18.8 Å². The van der Waals surface area contributed by atoms with Gasteiger partial charge in [0.25, 0.3) is 0 Å². The highest BCUT2D eigenvalue weighted by Gasteiger charge is 2.44. The van der Waals surface area contributed by atoms with Crippen LogP contribution in [0.4, 0.5) is 0 Å². The molecule has 0 radical (unpaired) electrons. The predicted octanol–water partition coefficient (Wildman–Crippen LogP) is 3.53. The lowest BCUT2D eigenvalue weighted by atomic mass is 10.1. The molecular weight excluding hydrogens is 344 g/mol. The molecule has 0 spiro atoms. The van der Waals surface area contributed by atoms with Crippen LogP contribution in [0, 0.1) is 0 Å². The molecule has 1 saturated heterocycles. The zero-order valence-corrected chi connectivity index (χ0v) is 16.0. The van der Waals surface area contributed by atoms with E-state index in [0.717, 1.165) is 17.5 Å². The minimum Gasteiger partial charge on any atom is -0.332 e. The van der Waals surface area contributed by atoms with Gasteiger partial charge >= 0.3 is 0 Å². The molecule has 5 heteroatoms. The summed E-state index contributed by atoms with van der Waals surface area (Å²) in [5, 5.41) is 0. The molecule has 0 aromatic heterocycles. The molecule has 0 unspecified atom stereocenters. The van der Waals surface area contributed by atoms with Crippen molar-refractivity contribution in [3.8, 4) is 0 Å². The average Bonchev–Trinajstić information content (AvgIpc) is 2.96. The highest BCUT2D eigenvalue weighted by molar-refractivity contribution is 8.00. The standard InChI is InChI=1S/C21H24N2O2S/c1-21(2)23(16-24)19(15-26-21)20(25)22(13-17-9-5-3-6-10-17)14-18-11-7-4-8-12-18/h3-12,16,19H,13-15H2,1-2H3/t19-/m1/s1. The molecule has 0 saturated carbocycles. The summed E-state index contributed by atoms with van der Waals surface area (Å²) in [6.07, 6.45) is 0.811. The summed E-state index contributed by atoms with van der Waals surface area (Å²) in [6, 6.07) is 19.5. The molecule has 2 aromatic carbocycles. The molecule has 0 N–H and O–H groups in total. The van der Waals surface area contributed by atoms with Gasteiger partial charge in [0.15, 0.2) is 0 Å². The number of carbonyl (C=O) groups excluding carboxylic acids is 2. The fourth-order valence-electron chi connectivity index (χ4n) is 3.23. The molecule has 1 heterocycles. The van der Waals surface area contributed by atoms with E-state index in [2.05, 4.69) is 0 Å². The highest BCUT2D eigenvalue weighted by atomic mass is 32.2. The second kappa shape index (κ2) is 7.96. The largest absolute Gasteiger partial charge is 0.332 e. The van der Waals surface area contributed by atoms with Gasteiger partial charge in [-0.3, -0.25) is 9.59 Å². The van der Waals surface area contributed by atoms with Crippen LogP contribution in [0.15, 0.2) is 60.7 Å². The Balaban J connectivity index is 1.84. The van der Waals surface area contributed by atoms with E-state index < -0.39 is 6.04 Å². The Labute approximate surface area is 159 Å². The Morgan fingerprint density at radius 2 is 1.58 bits per heavy atom.